The van der Waals surface area contributed by atoms with E-state index in [-0.39, 0.29) is 0 Å². The van der Waals surface area contributed by atoms with Crippen molar-refractivity contribution in [3.05, 3.63) is 0 Å². The predicted molar refractivity (Wildman–Crippen MR) is 72.2 cm³/mol. The fourth-order valence-electron chi connectivity index (χ4n) is 3.50. The summed E-state index contributed by atoms with van der Waals surface area (Å²) < 4.78 is 5.70. The van der Waals surface area contributed by atoms with Crippen LogP contribution in [0.15, 0.2) is 0 Å². The summed E-state index contributed by atoms with van der Waals surface area (Å²) >= 11 is 0. The molecule has 100 valence electrons. The molecule has 1 saturated heterocycles. The van der Waals surface area contributed by atoms with Crippen molar-refractivity contribution < 1.29 is 4.74 Å². The van der Waals surface area contributed by atoms with Gasteiger partial charge in [0.05, 0.1) is 6.10 Å². The minimum absolute atomic E-state index is 0.439. The Labute approximate surface area is 107 Å². The predicted octanol–water partition coefficient (Wildman–Crippen LogP) is 3.36. The molecule has 0 spiro atoms. The van der Waals surface area contributed by atoms with E-state index in [2.05, 4.69) is 26.1 Å². The van der Waals surface area contributed by atoms with Gasteiger partial charge in [-0.25, -0.2) is 0 Å². The highest BCUT2D eigenvalue weighted by Gasteiger charge is 2.34. The van der Waals surface area contributed by atoms with Crippen LogP contribution in [-0.2, 0) is 4.74 Å². The Balaban J connectivity index is 1.83. The first kappa shape index (κ1) is 13.4. The Bertz CT molecular complexity index is 228. The van der Waals surface area contributed by atoms with Crippen molar-refractivity contribution in [1.82, 2.24) is 5.32 Å². The Morgan fingerprint density at radius 2 is 1.82 bits per heavy atom. The average Bonchev–Trinajstić information content (AvgIpc) is 2.78. The van der Waals surface area contributed by atoms with Gasteiger partial charge >= 0.3 is 0 Å². The van der Waals surface area contributed by atoms with E-state index in [9.17, 15) is 0 Å². The molecule has 2 heteroatoms. The minimum atomic E-state index is 0.439. The Kier molecular flexibility index (Phi) is 4.48. The molecule has 0 radical (unpaired) electrons. The zero-order chi connectivity index (χ0) is 12.3. The van der Waals surface area contributed by atoms with Crippen molar-refractivity contribution in [2.45, 2.75) is 71.4 Å². The summed E-state index contributed by atoms with van der Waals surface area (Å²) in [7, 11) is 0. The molecule has 0 aromatic heterocycles. The molecule has 1 heterocycles. The first-order valence-electron chi connectivity index (χ1n) is 7.42. The fraction of sp³-hybridized carbons (Fsp3) is 1.00. The van der Waals surface area contributed by atoms with Crippen LogP contribution in [-0.4, -0.2) is 25.3 Å². The summed E-state index contributed by atoms with van der Waals surface area (Å²) in [6.07, 6.45) is 8.55. The highest BCUT2D eigenvalue weighted by molar-refractivity contribution is 4.88. The molecule has 1 N–H and O–H groups in total. The topological polar surface area (TPSA) is 21.3 Å². The van der Waals surface area contributed by atoms with E-state index < -0.39 is 0 Å². The molecule has 1 aliphatic heterocycles. The van der Waals surface area contributed by atoms with E-state index in [0.29, 0.717) is 17.6 Å². The van der Waals surface area contributed by atoms with Gasteiger partial charge in [-0.05, 0) is 37.0 Å². The largest absolute Gasteiger partial charge is 0.377 e. The van der Waals surface area contributed by atoms with Gasteiger partial charge < -0.3 is 10.1 Å². The molecule has 3 atom stereocenters. The van der Waals surface area contributed by atoms with Gasteiger partial charge in [-0.1, -0.05) is 33.6 Å². The normalized spacial score (nSPS) is 35.1. The first-order valence-corrected chi connectivity index (χ1v) is 7.42. The summed E-state index contributed by atoms with van der Waals surface area (Å²) in [4.78, 5) is 0. The molecule has 1 saturated carbocycles. The summed E-state index contributed by atoms with van der Waals surface area (Å²) in [5.41, 5.74) is 0.439. The van der Waals surface area contributed by atoms with Gasteiger partial charge in [-0.2, -0.15) is 0 Å². The maximum absolute atomic E-state index is 5.70. The van der Waals surface area contributed by atoms with Crippen molar-refractivity contribution in [3.63, 3.8) is 0 Å². The molecule has 2 nitrogen and oxygen atoms in total. The lowest BCUT2D eigenvalue weighted by Crippen LogP contribution is -2.46. The maximum Gasteiger partial charge on any atom is 0.0700 e. The van der Waals surface area contributed by atoms with Crippen molar-refractivity contribution in [1.29, 1.82) is 0 Å². The van der Waals surface area contributed by atoms with Crippen LogP contribution in [0.1, 0.15) is 59.3 Å². The van der Waals surface area contributed by atoms with Crippen LogP contribution < -0.4 is 5.32 Å². The zero-order valence-corrected chi connectivity index (χ0v) is 11.8. The second-order valence-corrected chi connectivity index (χ2v) is 6.91. The minimum Gasteiger partial charge on any atom is -0.377 e. The molecular weight excluding hydrogens is 210 g/mol. The second-order valence-electron chi connectivity index (χ2n) is 6.91. The standard InChI is InChI=1S/C15H29NO/c1-15(2,3)13-8-4-5-9-14(13)16-11-12-7-6-10-17-12/h12-14,16H,4-11H2,1-3H3. The lowest BCUT2D eigenvalue weighted by atomic mass is 9.69. The van der Waals surface area contributed by atoms with Crippen LogP contribution in [0, 0.1) is 11.3 Å². The van der Waals surface area contributed by atoms with Crippen LogP contribution in [0.5, 0.6) is 0 Å². The number of nitrogens with one attached hydrogen (secondary N) is 1. The summed E-state index contributed by atoms with van der Waals surface area (Å²) in [5.74, 6) is 0.831. The van der Waals surface area contributed by atoms with Crippen LogP contribution in [0.2, 0.25) is 0 Å². The maximum atomic E-state index is 5.70. The Morgan fingerprint density at radius 3 is 2.47 bits per heavy atom. The van der Waals surface area contributed by atoms with Crippen molar-refractivity contribution >= 4 is 0 Å². The van der Waals surface area contributed by atoms with E-state index in [1.807, 2.05) is 0 Å². The monoisotopic (exact) mass is 239 g/mol. The molecule has 17 heavy (non-hydrogen) atoms. The van der Waals surface area contributed by atoms with Gasteiger partial charge in [0.15, 0.2) is 0 Å². The lowest BCUT2D eigenvalue weighted by molar-refractivity contribution is 0.0861. The van der Waals surface area contributed by atoms with Crippen LogP contribution in [0.3, 0.4) is 0 Å². The molecule has 0 aromatic carbocycles. The van der Waals surface area contributed by atoms with Gasteiger partial charge in [0.25, 0.3) is 0 Å². The van der Waals surface area contributed by atoms with Gasteiger partial charge in [-0.3, -0.25) is 0 Å². The van der Waals surface area contributed by atoms with Gasteiger partial charge in [0, 0.05) is 19.2 Å². The molecule has 0 amide bonds. The third-order valence-electron chi connectivity index (χ3n) is 4.51. The molecule has 3 unspecified atom stereocenters. The van der Waals surface area contributed by atoms with Crippen molar-refractivity contribution in [2.24, 2.45) is 11.3 Å². The molecular formula is C15H29NO. The van der Waals surface area contributed by atoms with Crippen molar-refractivity contribution in [3.8, 4) is 0 Å². The smallest absolute Gasteiger partial charge is 0.0700 e. The molecule has 2 rings (SSSR count). The van der Waals surface area contributed by atoms with Crippen LogP contribution >= 0.6 is 0 Å². The highest BCUT2D eigenvalue weighted by atomic mass is 16.5. The zero-order valence-electron chi connectivity index (χ0n) is 11.8. The number of hydrogen-bond donors (Lipinski definition) is 1. The number of ether oxygens (including phenoxy) is 1. The number of rotatable bonds is 3. The third-order valence-corrected chi connectivity index (χ3v) is 4.51. The van der Waals surface area contributed by atoms with E-state index in [1.54, 1.807) is 0 Å². The molecule has 2 fully saturated rings. The Hall–Kier alpha value is -0.0800. The van der Waals surface area contributed by atoms with Gasteiger partial charge in [-0.15, -0.1) is 0 Å². The molecule has 0 bridgehead atoms. The lowest BCUT2D eigenvalue weighted by Gasteiger charge is -2.41. The molecule has 2 aliphatic rings. The van der Waals surface area contributed by atoms with E-state index in [0.717, 1.165) is 19.1 Å². The Morgan fingerprint density at radius 1 is 1.06 bits per heavy atom. The summed E-state index contributed by atoms with van der Waals surface area (Å²) in [6, 6.07) is 0.716. The number of hydrogen-bond acceptors (Lipinski definition) is 2. The molecule has 1 aliphatic carbocycles. The van der Waals surface area contributed by atoms with Gasteiger partial charge in [0.1, 0.15) is 0 Å². The van der Waals surface area contributed by atoms with E-state index >= 15 is 0 Å². The third kappa shape index (κ3) is 3.69. The van der Waals surface area contributed by atoms with Gasteiger partial charge in [0.2, 0.25) is 0 Å². The van der Waals surface area contributed by atoms with E-state index in [4.69, 9.17) is 4.74 Å². The quantitative estimate of drug-likeness (QED) is 0.815. The van der Waals surface area contributed by atoms with Crippen molar-refractivity contribution in [2.75, 3.05) is 13.2 Å². The summed E-state index contributed by atoms with van der Waals surface area (Å²) in [5, 5.41) is 3.80. The second kappa shape index (κ2) is 5.71. The fourth-order valence-corrected chi connectivity index (χ4v) is 3.50. The first-order chi connectivity index (χ1) is 8.07. The SMILES string of the molecule is CC(C)(C)C1CCCCC1NCC1CCCO1. The average molecular weight is 239 g/mol. The molecule has 0 aromatic rings. The van der Waals surface area contributed by atoms with Crippen LogP contribution in [0.25, 0.3) is 0 Å². The van der Waals surface area contributed by atoms with E-state index in [1.165, 1.54) is 38.5 Å². The summed E-state index contributed by atoms with van der Waals surface area (Å²) in [6.45, 7) is 9.22. The van der Waals surface area contributed by atoms with Crippen LogP contribution in [0.4, 0.5) is 0 Å². The highest BCUT2D eigenvalue weighted by Crippen LogP contribution is 2.38.